The number of carbonyl (C=O) groups is 1. The highest BCUT2D eigenvalue weighted by molar-refractivity contribution is 7.91. The maximum atomic E-state index is 11.3. The molecule has 88 valence electrons. The molecule has 0 spiro atoms. The molecule has 1 aliphatic rings. The van der Waals surface area contributed by atoms with Gasteiger partial charge in [0, 0.05) is 17.7 Å². The molecule has 0 saturated heterocycles. The van der Waals surface area contributed by atoms with E-state index < -0.39 is 21.5 Å². The summed E-state index contributed by atoms with van der Waals surface area (Å²) in [7, 11) is -3.22. The Morgan fingerprint density at radius 3 is 2.33 bits per heavy atom. The Kier molecular flexibility index (Phi) is 4.40. The molecule has 1 saturated carbocycles. The summed E-state index contributed by atoms with van der Waals surface area (Å²) in [6, 6.07) is 0.0919. The molecule has 0 radical (unpaired) electrons. The average molecular weight is 254 g/mol. The molecule has 0 aromatic heterocycles. The number of rotatable bonds is 3. The van der Waals surface area contributed by atoms with Crippen molar-refractivity contribution < 1.29 is 13.2 Å². The molecular formula is C9H16ClNO3S. The first-order chi connectivity index (χ1) is 6.87. The van der Waals surface area contributed by atoms with Gasteiger partial charge in [0.1, 0.15) is 5.75 Å². The first-order valence-electron chi connectivity index (χ1n) is 4.98. The second-order valence-corrected chi connectivity index (χ2v) is 6.84. The van der Waals surface area contributed by atoms with E-state index in [4.69, 9.17) is 11.6 Å². The van der Waals surface area contributed by atoms with Crippen LogP contribution in [0.4, 0.5) is 0 Å². The predicted molar refractivity (Wildman–Crippen MR) is 59.8 cm³/mol. The van der Waals surface area contributed by atoms with E-state index in [1.165, 1.54) is 0 Å². The summed E-state index contributed by atoms with van der Waals surface area (Å²) in [5, 5.41) is 2.92. The van der Waals surface area contributed by atoms with Crippen molar-refractivity contribution in [1.82, 2.24) is 5.32 Å². The van der Waals surface area contributed by atoms with E-state index in [2.05, 4.69) is 5.32 Å². The lowest BCUT2D eigenvalue weighted by molar-refractivity contribution is -0.119. The minimum Gasteiger partial charge on any atom is -0.352 e. The van der Waals surface area contributed by atoms with Crippen LogP contribution in [0.5, 0.6) is 0 Å². The van der Waals surface area contributed by atoms with Crippen molar-refractivity contribution in [3.05, 3.63) is 0 Å². The Bertz CT molecular complexity index is 320. The van der Waals surface area contributed by atoms with Gasteiger partial charge in [-0.05, 0) is 25.7 Å². The standard InChI is InChI=1S/C9H16ClNO3S/c1-15(13,14)6-9(12)11-8-4-2-7(10)3-5-8/h7-8H,2-6H2,1H3,(H,11,12). The molecule has 0 unspecified atom stereocenters. The Labute approximate surface area is 95.3 Å². The lowest BCUT2D eigenvalue weighted by Crippen LogP contribution is -2.40. The molecule has 1 fully saturated rings. The third kappa shape index (κ3) is 5.37. The van der Waals surface area contributed by atoms with E-state index in [-0.39, 0.29) is 11.4 Å². The molecule has 1 N–H and O–H groups in total. The van der Waals surface area contributed by atoms with Gasteiger partial charge in [0.25, 0.3) is 0 Å². The first kappa shape index (κ1) is 12.8. The zero-order valence-corrected chi connectivity index (χ0v) is 10.3. The van der Waals surface area contributed by atoms with E-state index in [0.29, 0.717) is 0 Å². The van der Waals surface area contributed by atoms with E-state index in [1.54, 1.807) is 0 Å². The van der Waals surface area contributed by atoms with E-state index >= 15 is 0 Å². The van der Waals surface area contributed by atoms with Crippen LogP contribution in [0.25, 0.3) is 0 Å². The molecule has 4 nitrogen and oxygen atoms in total. The smallest absolute Gasteiger partial charge is 0.235 e. The lowest BCUT2D eigenvalue weighted by atomic mass is 9.95. The first-order valence-corrected chi connectivity index (χ1v) is 7.47. The van der Waals surface area contributed by atoms with Gasteiger partial charge in [-0.2, -0.15) is 0 Å². The molecule has 0 atom stereocenters. The molecule has 1 rings (SSSR count). The topological polar surface area (TPSA) is 63.2 Å². The summed E-state index contributed by atoms with van der Waals surface area (Å²) in [6.07, 6.45) is 4.49. The number of nitrogens with one attached hydrogen (secondary N) is 1. The molecule has 0 heterocycles. The number of alkyl halides is 1. The summed E-state index contributed by atoms with van der Waals surface area (Å²) in [4.78, 5) is 11.3. The normalized spacial score (nSPS) is 27.3. The zero-order chi connectivity index (χ0) is 11.5. The summed E-state index contributed by atoms with van der Waals surface area (Å²) in [6.45, 7) is 0. The van der Waals surface area contributed by atoms with Crippen molar-refractivity contribution in [3.8, 4) is 0 Å². The maximum Gasteiger partial charge on any atom is 0.235 e. The van der Waals surface area contributed by atoms with Gasteiger partial charge < -0.3 is 5.32 Å². The fraction of sp³-hybridized carbons (Fsp3) is 0.889. The van der Waals surface area contributed by atoms with Crippen LogP contribution in [0.15, 0.2) is 0 Å². The van der Waals surface area contributed by atoms with Gasteiger partial charge >= 0.3 is 0 Å². The maximum absolute atomic E-state index is 11.3. The third-order valence-electron chi connectivity index (χ3n) is 2.42. The summed E-state index contributed by atoms with van der Waals surface area (Å²) >= 11 is 5.92. The number of hydrogen-bond acceptors (Lipinski definition) is 3. The SMILES string of the molecule is CS(=O)(=O)CC(=O)NC1CCC(Cl)CC1. The second-order valence-electron chi connectivity index (χ2n) is 4.09. The summed E-state index contributed by atoms with van der Waals surface area (Å²) in [5.74, 6) is -0.830. The largest absolute Gasteiger partial charge is 0.352 e. The Balaban J connectivity index is 2.33. The van der Waals surface area contributed by atoms with Crippen molar-refractivity contribution in [3.63, 3.8) is 0 Å². The highest BCUT2D eigenvalue weighted by Gasteiger charge is 2.21. The van der Waals surface area contributed by atoms with Crippen molar-refractivity contribution in [2.75, 3.05) is 12.0 Å². The highest BCUT2D eigenvalue weighted by atomic mass is 35.5. The second kappa shape index (κ2) is 5.16. The molecule has 0 aromatic rings. The minimum atomic E-state index is -3.22. The van der Waals surface area contributed by atoms with Crippen molar-refractivity contribution in [2.24, 2.45) is 0 Å². The predicted octanol–water partition coefficient (Wildman–Crippen LogP) is 0.697. The van der Waals surface area contributed by atoms with Crippen molar-refractivity contribution in [1.29, 1.82) is 0 Å². The molecule has 0 bridgehead atoms. The van der Waals surface area contributed by atoms with Gasteiger partial charge in [-0.15, -0.1) is 11.6 Å². The van der Waals surface area contributed by atoms with E-state index in [9.17, 15) is 13.2 Å². The monoisotopic (exact) mass is 253 g/mol. The fourth-order valence-electron chi connectivity index (χ4n) is 1.70. The molecule has 15 heavy (non-hydrogen) atoms. The van der Waals surface area contributed by atoms with Crippen LogP contribution in [0.3, 0.4) is 0 Å². The summed E-state index contributed by atoms with van der Waals surface area (Å²) < 4.78 is 21.7. The minimum absolute atomic E-state index is 0.0919. The van der Waals surface area contributed by atoms with Gasteiger partial charge in [0.15, 0.2) is 9.84 Å². The van der Waals surface area contributed by atoms with Crippen LogP contribution in [0.1, 0.15) is 25.7 Å². The average Bonchev–Trinajstić information content (AvgIpc) is 2.05. The Morgan fingerprint density at radius 1 is 1.33 bits per heavy atom. The number of amides is 1. The third-order valence-corrected chi connectivity index (χ3v) is 3.64. The fourth-order valence-corrected chi connectivity index (χ4v) is 2.52. The molecule has 0 aromatic carbocycles. The highest BCUT2D eigenvalue weighted by Crippen LogP contribution is 2.22. The van der Waals surface area contributed by atoms with Gasteiger partial charge in [-0.25, -0.2) is 8.42 Å². The van der Waals surface area contributed by atoms with Gasteiger partial charge in [0.2, 0.25) is 5.91 Å². The van der Waals surface area contributed by atoms with E-state index in [0.717, 1.165) is 31.9 Å². The van der Waals surface area contributed by atoms with E-state index in [1.807, 2.05) is 0 Å². The van der Waals surface area contributed by atoms with Crippen molar-refractivity contribution >= 4 is 27.3 Å². The van der Waals surface area contributed by atoms with Crippen LogP contribution in [-0.4, -0.2) is 37.8 Å². The zero-order valence-electron chi connectivity index (χ0n) is 8.70. The Hall–Kier alpha value is -0.290. The lowest BCUT2D eigenvalue weighted by Gasteiger charge is -2.25. The number of halogens is 1. The molecule has 6 heteroatoms. The van der Waals surface area contributed by atoms with Gasteiger partial charge in [-0.3, -0.25) is 4.79 Å². The van der Waals surface area contributed by atoms with Crippen LogP contribution < -0.4 is 5.32 Å². The van der Waals surface area contributed by atoms with Gasteiger partial charge in [0.05, 0.1) is 0 Å². The number of hydrogen-bond donors (Lipinski definition) is 1. The number of sulfone groups is 1. The molecule has 1 amide bonds. The van der Waals surface area contributed by atoms with Crippen LogP contribution in [0.2, 0.25) is 0 Å². The summed E-state index contributed by atoms with van der Waals surface area (Å²) in [5.41, 5.74) is 0. The molecular weight excluding hydrogens is 238 g/mol. The number of carbonyl (C=O) groups excluding carboxylic acids is 1. The van der Waals surface area contributed by atoms with Crippen LogP contribution >= 0.6 is 11.6 Å². The molecule has 0 aliphatic heterocycles. The quantitative estimate of drug-likeness (QED) is 0.753. The van der Waals surface area contributed by atoms with Gasteiger partial charge in [-0.1, -0.05) is 0 Å². The molecule has 1 aliphatic carbocycles. The van der Waals surface area contributed by atoms with Crippen molar-refractivity contribution in [2.45, 2.75) is 37.1 Å². The van der Waals surface area contributed by atoms with Crippen LogP contribution in [0, 0.1) is 0 Å². The van der Waals surface area contributed by atoms with Crippen LogP contribution in [-0.2, 0) is 14.6 Å². The Morgan fingerprint density at radius 2 is 1.87 bits per heavy atom.